The van der Waals surface area contributed by atoms with Gasteiger partial charge in [-0.1, -0.05) is 11.8 Å². The lowest BCUT2D eigenvalue weighted by molar-refractivity contribution is -0.118. The van der Waals surface area contributed by atoms with Gasteiger partial charge in [0, 0.05) is 25.5 Å². The lowest BCUT2D eigenvalue weighted by atomic mass is 10.1. The second-order valence-corrected chi connectivity index (χ2v) is 5.81. The highest BCUT2D eigenvalue weighted by Gasteiger charge is 2.13. The van der Waals surface area contributed by atoms with Gasteiger partial charge in [-0.05, 0) is 24.3 Å². The summed E-state index contributed by atoms with van der Waals surface area (Å²) in [5.41, 5.74) is 5.75. The number of nitrogens with zero attached hydrogens (tertiary/aromatic N) is 3. The maximum Gasteiger partial charge on any atom is 0.217 e. The van der Waals surface area contributed by atoms with E-state index in [1.54, 1.807) is 43.0 Å². The number of methoxy groups -OCH3 is 1. The van der Waals surface area contributed by atoms with Crippen LogP contribution < -0.4 is 10.5 Å². The maximum atomic E-state index is 12.2. The molecule has 0 saturated carbocycles. The second-order valence-electron chi connectivity index (χ2n) is 4.86. The molecule has 0 aliphatic heterocycles. The molecule has 0 fully saturated rings. The van der Waals surface area contributed by atoms with E-state index in [1.807, 2.05) is 0 Å². The summed E-state index contributed by atoms with van der Waals surface area (Å²) in [5.74, 6) is 1.26. The van der Waals surface area contributed by atoms with Gasteiger partial charge in [-0.15, -0.1) is 10.2 Å². The Balaban J connectivity index is 1.94. The number of thioether (sulfide) groups is 1. The van der Waals surface area contributed by atoms with Crippen LogP contribution in [0.3, 0.4) is 0 Å². The van der Waals surface area contributed by atoms with E-state index in [1.165, 1.54) is 11.8 Å². The first kappa shape index (κ1) is 17.0. The van der Waals surface area contributed by atoms with Crippen molar-refractivity contribution in [2.75, 3.05) is 12.9 Å². The molecule has 0 radical (unpaired) electrons. The van der Waals surface area contributed by atoms with Gasteiger partial charge < -0.3 is 15.0 Å². The molecule has 23 heavy (non-hydrogen) atoms. The molecule has 1 aromatic carbocycles. The summed E-state index contributed by atoms with van der Waals surface area (Å²) < 4.78 is 6.84. The van der Waals surface area contributed by atoms with Crippen LogP contribution in [-0.4, -0.2) is 39.3 Å². The SMILES string of the molecule is COc1ccc(C(=O)CSc2nnc(CCC(N)=O)n2C)cc1. The number of amides is 1. The third-order valence-electron chi connectivity index (χ3n) is 3.26. The smallest absolute Gasteiger partial charge is 0.217 e. The van der Waals surface area contributed by atoms with Crippen LogP contribution >= 0.6 is 11.8 Å². The summed E-state index contributed by atoms with van der Waals surface area (Å²) in [6.45, 7) is 0. The third kappa shape index (κ3) is 4.56. The molecule has 0 atom stereocenters. The van der Waals surface area contributed by atoms with Crippen molar-refractivity contribution in [1.82, 2.24) is 14.8 Å². The molecule has 122 valence electrons. The normalized spacial score (nSPS) is 10.5. The summed E-state index contributed by atoms with van der Waals surface area (Å²) >= 11 is 1.31. The van der Waals surface area contributed by atoms with E-state index in [-0.39, 0.29) is 23.9 Å². The summed E-state index contributed by atoms with van der Waals surface area (Å²) in [5, 5.41) is 8.69. The summed E-state index contributed by atoms with van der Waals surface area (Å²) in [4.78, 5) is 23.0. The van der Waals surface area contributed by atoms with Crippen molar-refractivity contribution in [3.63, 3.8) is 0 Å². The van der Waals surface area contributed by atoms with Crippen LogP contribution in [0.5, 0.6) is 5.75 Å². The molecule has 1 aromatic heterocycles. The lowest BCUT2D eigenvalue weighted by Crippen LogP contribution is -2.13. The van der Waals surface area contributed by atoms with Gasteiger partial charge in [0.1, 0.15) is 11.6 Å². The van der Waals surface area contributed by atoms with Crippen LogP contribution in [0.4, 0.5) is 0 Å². The van der Waals surface area contributed by atoms with Gasteiger partial charge in [0.25, 0.3) is 0 Å². The molecule has 0 bridgehead atoms. The van der Waals surface area contributed by atoms with E-state index in [2.05, 4.69) is 10.2 Å². The number of carbonyl (C=O) groups is 2. The first-order valence-electron chi connectivity index (χ1n) is 6.98. The van der Waals surface area contributed by atoms with Gasteiger partial charge in [0.2, 0.25) is 5.91 Å². The largest absolute Gasteiger partial charge is 0.497 e. The van der Waals surface area contributed by atoms with Gasteiger partial charge in [-0.25, -0.2) is 0 Å². The Hall–Kier alpha value is -2.35. The summed E-state index contributed by atoms with van der Waals surface area (Å²) in [6, 6.07) is 6.97. The molecule has 0 spiro atoms. The molecular weight excluding hydrogens is 316 g/mol. The zero-order chi connectivity index (χ0) is 16.8. The maximum absolute atomic E-state index is 12.2. The van der Waals surface area contributed by atoms with Crippen molar-refractivity contribution in [2.24, 2.45) is 12.8 Å². The molecule has 0 aliphatic carbocycles. The van der Waals surface area contributed by atoms with Gasteiger partial charge in [0.05, 0.1) is 12.9 Å². The number of Topliss-reactive ketones (excluding diaryl/α,β-unsaturated/α-hetero) is 1. The molecule has 0 saturated heterocycles. The number of ether oxygens (including phenoxy) is 1. The minimum absolute atomic E-state index is 0.000612. The van der Waals surface area contributed by atoms with E-state index in [9.17, 15) is 9.59 Å². The average Bonchev–Trinajstić information content (AvgIpc) is 2.91. The standard InChI is InChI=1S/C15H18N4O3S/c1-19-14(8-7-13(16)21)17-18-15(19)23-9-12(20)10-3-5-11(22-2)6-4-10/h3-6H,7-9H2,1-2H3,(H2,16,21). The molecule has 1 amide bonds. The summed E-state index contributed by atoms with van der Waals surface area (Å²) in [6.07, 6.45) is 0.660. The van der Waals surface area contributed by atoms with Crippen molar-refractivity contribution in [3.05, 3.63) is 35.7 Å². The monoisotopic (exact) mass is 334 g/mol. The fourth-order valence-electron chi connectivity index (χ4n) is 1.91. The van der Waals surface area contributed by atoms with Gasteiger partial charge >= 0.3 is 0 Å². The van der Waals surface area contributed by atoms with Crippen molar-refractivity contribution in [1.29, 1.82) is 0 Å². The van der Waals surface area contributed by atoms with Crippen LogP contribution in [0.2, 0.25) is 0 Å². The number of carbonyl (C=O) groups excluding carboxylic acids is 2. The number of rotatable bonds is 8. The second kappa shape index (κ2) is 7.77. The highest BCUT2D eigenvalue weighted by atomic mass is 32.2. The predicted octanol–water partition coefficient (Wildman–Crippen LogP) is 1.22. The fraction of sp³-hybridized carbons (Fsp3) is 0.333. The molecule has 2 N–H and O–H groups in total. The number of nitrogens with two attached hydrogens (primary N) is 1. The number of aromatic nitrogens is 3. The van der Waals surface area contributed by atoms with Gasteiger partial charge in [-0.3, -0.25) is 9.59 Å². The summed E-state index contributed by atoms with van der Waals surface area (Å²) in [7, 11) is 3.38. The van der Waals surface area contributed by atoms with Gasteiger partial charge in [-0.2, -0.15) is 0 Å². The molecule has 0 unspecified atom stereocenters. The Morgan fingerprint density at radius 2 is 1.96 bits per heavy atom. The molecule has 7 nitrogen and oxygen atoms in total. The topological polar surface area (TPSA) is 100 Å². The van der Waals surface area contributed by atoms with Crippen molar-refractivity contribution in [2.45, 2.75) is 18.0 Å². The Bertz CT molecular complexity index is 697. The highest BCUT2D eigenvalue weighted by molar-refractivity contribution is 7.99. The number of aryl methyl sites for hydroxylation is 1. The van der Waals surface area contributed by atoms with Crippen molar-refractivity contribution < 1.29 is 14.3 Å². The molecular formula is C15H18N4O3S. The first-order chi connectivity index (χ1) is 11.0. The van der Waals surface area contributed by atoms with E-state index in [4.69, 9.17) is 10.5 Å². The number of hydrogen-bond acceptors (Lipinski definition) is 6. The average molecular weight is 334 g/mol. The molecule has 1 heterocycles. The van der Waals surface area contributed by atoms with Crippen molar-refractivity contribution in [3.8, 4) is 5.75 Å². The van der Waals surface area contributed by atoms with Crippen LogP contribution in [-0.2, 0) is 18.3 Å². The lowest BCUT2D eigenvalue weighted by Gasteiger charge is -2.04. The number of primary amides is 1. The van der Waals surface area contributed by atoms with E-state index in [0.29, 0.717) is 28.7 Å². The van der Waals surface area contributed by atoms with Crippen molar-refractivity contribution >= 4 is 23.5 Å². The van der Waals surface area contributed by atoms with Gasteiger partial charge in [0.15, 0.2) is 10.9 Å². The minimum atomic E-state index is -0.378. The first-order valence-corrected chi connectivity index (χ1v) is 7.96. The highest BCUT2D eigenvalue weighted by Crippen LogP contribution is 2.19. The van der Waals surface area contributed by atoms with Crippen LogP contribution in [0, 0.1) is 0 Å². The minimum Gasteiger partial charge on any atom is -0.497 e. The van der Waals surface area contributed by atoms with E-state index < -0.39 is 0 Å². The third-order valence-corrected chi connectivity index (χ3v) is 4.28. The van der Waals surface area contributed by atoms with Crippen LogP contribution in [0.15, 0.2) is 29.4 Å². The number of hydrogen-bond donors (Lipinski definition) is 1. The Morgan fingerprint density at radius 3 is 2.57 bits per heavy atom. The zero-order valence-corrected chi connectivity index (χ0v) is 13.8. The molecule has 2 aromatic rings. The zero-order valence-electron chi connectivity index (χ0n) is 13.0. The van der Waals surface area contributed by atoms with Crippen LogP contribution in [0.1, 0.15) is 22.6 Å². The molecule has 0 aliphatic rings. The number of ketones is 1. The Kier molecular flexibility index (Phi) is 5.75. The van der Waals surface area contributed by atoms with E-state index in [0.717, 1.165) is 0 Å². The van der Waals surface area contributed by atoms with Crippen LogP contribution in [0.25, 0.3) is 0 Å². The molecule has 2 rings (SSSR count). The quantitative estimate of drug-likeness (QED) is 0.575. The predicted molar refractivity (Wildman–Crippen MR) is 86.6 cm³/mol. The Morgan fingerprint density at radius 1 is 1.26 bits per heavy atom. The Labute approximate surface area is 138 Å². The molecule has 8 heteroatoms. The number of benzene rings is 1. The fourth-order valence-corrected chi connectivity index (χ4v) is 2.74. The van der Waals surface area contributed by atoms with E-state index >= 15 is 0 Å².